The molecule has 0 unspecified atom stereocenters. The quantitative estimate of drug-likeness (QED) is 0.474. The number of para-hydroxylation sites is 1. The molecular weight excluding hydrogens is 401 g/mol. The first-order valence-corrected chi connectivity index (χ1v) is 11.0. The van der Waals surface area contributed by atoms with Gasteiger partial charge in [-0.1, -0.05) is 41.4 Å². The van der Waals surface area contributed by atoms with Gasteiger partial charge in [0.25, 0.3) is 11.8 Å². The predicted octanol–water partition coefficient (Wildman–Crippen LogP) is 4.40. The number of hydrogen-bond acceptors (Lipinski definition) is 7. The highest BCUT2D eigenvalue weighted by atomic mass is 35.5. The van der Waals surface area contributed by atoms with E-state index in [2.05, 4.69) is 13.7 Å². The van der Waals surface area contributed by atoms with Crippen molar-refractivity contribution in [3.05, 3.63) is 54.0 Å². The van der Waals surface area contributed by atoms with Crippen LogP contribution in [0, 0.1) is 0 Å². The largest absolute Gasteiger partial charge is 0.450 e. The molecule has 2 aromatic heterocycles. The minimum atomic E-state index is 0.422. The van der Waals surface area contributed by atoms with Gasteiger partial charge in [-0.3, -0.25) is 0 Å². The monoisotopic (exact) mass is 408 g/mol. The second-order valence-electron chi connectivity index (χ2n) is 4.01. The summed E-state index contributed by atoms with van der Waals surface area (Å²) in [6.45, 7) is 0.514. The maximum Gasteiger partial charge on any atom is 0.450 e. The van der Waals surface area contributed by atoms with Gasteiger partial charge in [0.05, 0.1) is 12.1 Å². The SMILES string of the molecule is Clc1nssc1=Nc1ccccc1CC[O+]=c1ssnc1Cl. The fourth-order valence-corrected chi connectivity index (χ4v) is 5.65. The van der Waals surface area contributed by atoms with Crippen LogP contribution in [0.5, 0.6) is 0 Å². The lowest BCUT2D eigenvalue weighted by Crippen LogP contribution is -2.00. The molecule has 0 aliphatic heterocycles. The van der Waals surface area contributed by atoms with Crippen molar-refractivity contribution in [1.82, 2.24) is 8.75 Å². The minimum Gasteiger partial charge on any atom is -0.240 e. The molecule has 0 amide bonds. The van der Waals surface area contributed by atoms with Gasteiger partial charge in [-0.25, -0.2) is 9.42 Å². The predicted molar refractivity (Wildman–Crippen MR) is 96.5 cm³/mol. The van der Waals surface area contributed by atoms with E-state index in [0.29, 0.717) is 21.7 Å². The summed E-state index contributed by atoms with van der Waals surface area (Å²) in [5.74, 6) is 0. The first kappa shape index (κ1) is 16.2. The Morgan fingerprint density at radius 2 is 1.82 bits per heavy atom. The second kappa shape index (κ2) is 7.76. The zero-order valence-electron chi connectivity index (χ0n) is 10.9. The molecular formula is C12H8Cl2N3OS4+. The summed E-state index contributed by atoms with van der Waals surface area (Å²) in [6.07, 6.45) is 0.721. The minimum absolute atomic E-state index is 0.422. The molecule has 0 bridgehead atoms. The Morgan fingerprint density at radius 3 is 2.55 bits per heavy atom. The van der Waals surface area contributed by atoms with Gasteiger partial charge in [0.15, 0.2) is 9.82 Å². The van der Waals surface area contributed by atoms with Gasteiger partial charge in [0.1, 0.15) is 0 Å². The summed E-state index contributed by atoms with van der Waals surface area (Å²) in [7, 11) is 5.53. The molecule has 1 aromatic carbocycles. The molecule has 0 saturated carbocycles. The molecule has 0 radical (unpaired) electrons. The maximum atomic E-state index is 6.00. The van der Waals surface area contributed by atoms with E-state index in [9.17, 15) is 0 Å². The van der Waals surface area contributed by atoms with Crippen LogP contribution < -0.4 is 9.41 Å². The summed E-state index contributed by atoms with van der Waals surface area (Å²) in [6, 6.07) is 7.91. The molecule has 0 N–H and O–H groups in total. The second-order valence-corrected chi connectivity index (χ2v) is 8.38. The standard InChI is InChI=1S/C12H8Cl2N3OS4/c13-9-11(19-21-16-9)15-8-4-2-1-3-7(8)5-6-18-12-10(14)17-22-20-12/h1-4H,5-6H2/q+1. The summed E-state index contributed by atoms with van der Waals surface area (Å²) >= 11 is 11.9. The van der Waals surface area contributed by atoms with Crippen molar-refractivity contribution in [2.45, 2.75) is 6.42 Å². The van der Waals surface area contributed by atoms with Crippen molar-refractivity contribution in [1.29, 1.82) is 0 Å². The maximum absolute atomic E-state index is 6.00. The molecule has 0 aliphatic carbocycles. The normalized spacial score (nSPS) is 13.0. The third-order valence-corrected chi connectivity index (χ3v) is 6.96. The van der Waals surface area contributed by atoms with Crippen molar-refractivity contribution >= 4 is 70.6 Å². The third-order valence-electron chi connectivity index (χ3n) is 2.63. The van der Waals surface area contributed by atoms with Crippen molar-refractivity contribution in [3.8, 4) is 0 Å². The number of halogens is 2. The Hall–Kier alpha value is -0.640. The van der Waals surface area contributed by atoms with E-state index in [-0.39, 0.29) is 0 Å². The van der Waals surface area contributed by atoms with Gasteiger partial charge in [-0.05, 0) is 22.0 Å². The molecule has 4 nitrogen and oxygen atoms in total. The van der Waals surface area contributed by atoms with Crippen molar-refractivity contribution < 1.29 is 0 Å². The lowest BCUT2D eigenvalue weighted by molar-refractivity contribution is 1.04. The molecule has 0 atom stereocenters. The molecule has 0 spiro atoms. The zero-order valence-corrected chi connectivity index (χ0v) is 15.6. The van der Waals surface area contributed by atoms with Gasteiger partial charge in [0.2, 0.25) is 0 Å². The fourth-order valence-electron chi connectivity index (χ4n) is 1.66. The van der Waals surface area contributed by atoms with Gasteiger partial charge < -0.3 is 0 Å². The third kappa shape index (κ3) is 4.01. The van der Waals surface area contributed by atoms with Crippen LogP contribution >= 0.6 is 65.0 Å². The van der Waals surface area contributed by atoms with Crippen LogP contribution in [-0.4, -0.2) is 15.4 Å². The van der Waals surface area contributed by atoms with Crippen molar-refractivity contribution in [2.24, 2.45) is 4.99 Å². The molecule has 3 rings (SSSR count). The van der Waals surface area contributed by atoms with Crippen molar-refractivity contribution in [3.63, 3.8) is 0 Å². The lowest BCUT2D eigenvalue weighted by Gasteiger charge is -1.99. The molecule has 22 heavy (non-hydrogen) atoms. The van der Waals surface area contributed by atoms with Crippen LogP contribution in [0.4, 0.5) is 5.69 Å². The molecule has 114 valence electrons. The Labute approximate surface area is 150 Å². The lowest BCUT2D eigenvalue weighted by atomic mass is 10.1. The fraction of sp³-hybridized carbons (Fsp3) is 0.167. The smallest absolute Gasteiger partial charge is 0.240 e. The highest BCUT2D eigenvalue weighted by molar-refractivity contribution is 7.66. The Balaban J connectivity index is 1.84. The Bertz CT molecular complexity index is 896. The Kier molecular flexibility index (Phi) is 5.72. The van der Waals surface area contributed by atoms with Gasteiger partial charge in [0, 0.05) is 31.4 Å². The summed E-state index contributed by atoms with van der Waals surface area (Å²) in [5, 5.41) is 0.866. The van der Waals surface area contributed by atoms with E-state index in [1.165, 1.54) is 41.8 Å². The van der Waals surface area contributed by atoms with E-state index in [0.717, 1.165) is 22.3 Å². The molecule has 2 heterocycles. The topological polar surface area (TPSA) is 49.4 Å². The van der Waals surface area contributed by atoms with E-state index >= 15 is 0 Å². The Morgan fingerprint density at radius 1 is 1.05 bits per heavy atom. The highest BCUT2D eigenvalue weighted by Crippen LogP contribution is 2.20. The molecule has 0 saturated heterocycles. The average Bonchev–Trinajstić information content (AvgIpc) is 3.10. The molecule has 3 aromatic rings. The number of aromatic nitrogens is 2. The number of nitrogens with zero attached hydrogens (tertiary/aromatic N) is 3. The average molecular weight is 409 g/mol. The number of hydrogen-bond donors (Lipinski definition) is 0. The van der Waals surface area contributed by atoms with Crippen LogP contribution in [0.3, 0.4) is 0 Å². The van der Waals surface area contributed by atoms with E-state index in [1.54, 1.807) is 0 Å². The van der Waals surface area contributed by atoms with E-state index in [4.69, 9.17) is 27.6 Å². The molecule has 0 fully saturated rings. The summed E-state index contributed by atoms with van der Waals surface area (Å²) < 4.78 is 15.1. The first-order chi connectivity index (χ1) is 10.7. The van der Waals surface area contributed by atoms with Crippen LogP contribution in [0.15, 0.2) is 33.7 Å². The zero-order chi connectivity index (χ0) is 15.4. The van der Waals surface area contributed by atoms with Crippen LogP contribution in [0.2, 0.25) is 10.3 Å². The summed E-state index contributed by atoms with van der Waals surface area (Å²) in [5.41, 5.74) is 1.96. The van der Waals surface area contributed by atoms with Crippen LogP contribution in [0.1, 0.15) is 5.56 Å². The summed E-state index contributed by atoms with van der Waals surface area (Å²) in [4.78, 5) is 4.58. The van der Waals surface area contributed by atoms with E-state index < -0.39 is 0 Å². The molecule has 0 aliphatic rings. The number of rotatable bonds is 4. The number of benzene rings is 1. The van der Waals surface area contributed by atoms with Crippen LogP contribution in [-0.2, 0) is 6.42 Å². The first-order valence-electron chi connectivity index (χ1n) is 6.05. The highest BCUT2D eigenvalue weighted by Gasteiger charge is 2.09. The van der Waals surface area contributed by atoms with Crippen LogP contribution in [0.25, 0.3) is 0 Å². The van der Waals surface area contributed by atoms with Crippen molar-refractivity contribution in [2.75, 3.05) is 6.61 Å². The van der Waals surface area contributed by atoms with Gasteiger partial charge in [-0.2, -0.15) is 8.75 Å². The molecule has 10 heteroatoms. The van der Waals surface area contributed by atoms with E-state index in [1.807, 2.05) is 24.3 Å². The van der Waals surface area contributed by atoms with Gasteiger partial charge in [-0.15, -0.1) is 0 Å². The van der Waals surface area contributed by atoms with Gasteiger partial charge >= 0.3 is 4.74 Å².